The number of hydrogen-bond donors (Lipinski definition) is 1. The van der Waals surface area contributed by atoms with Gasteiger partial charge in [-0.2, -0.15) is 4.98 Å². The van der Waals surface area contributed by atoms with Crippen LogP contribution in [-0.4, -0.2) is 20.6 Å². The summed E-state index contributed by atoms with van der Waals surface area (Å²) in [4.78, 5) is 27.4. The van der Waals surface area contributed by atoms with Gasteiger partial charge in [-0.25, -0.2) is 4.79 Å². The van der Waals surface area contributed by atoms with Crippen molar-refractivity contribution in [3.05, 3.63) is 27.4 Å². The molecule has 0 amide bonds. The van der Waals surface area contributed by atoms with Crippen molar-refractivity contribution in [1.29, 1.82) is 0 Å². The van der Waals surface area contributed by atoms with Crippen molar-refractivity contribution in [2.75, 3.05) is 0 Å². The van der Waals surface area contributed by atoms with Crippen molar-refractivity contribution in [2.45, 2.75) is 65.8 Å². The number of carbonyl (C=O) groups is 1. The first-order chi connectivity index (χ1) is 9.32. The minimum Gasteiger partial charge on any atom is -0.481 e. The Labute approximate surface area is 119 Å². The maximum Gasteiger partial charge on any atom is 0.348 e. The highest BCUT2D eigenvalue weighted by Gasteiger charge is 2.30. The van der Waals surface area contributed by atoms with Crippen LogP contribution in [0.2, 0.25) is 0 Å². The molecule has 20 heavy (non-hydrogen) atoms. The van der Waals surface area contributed by atoms with Crippen molar-refractivity contribution >= 4 is 5.97 Å². The minimum absolute atomic E-state index is 0.0990. The summed E-state index contributed by atoms with van der Waals surface area (Å²) in [5.41, 5.74) is 1.34. The van der Waals surface area contributed by atoms with Crippen LogP contribution < -0.4 is 5.69 Å². The number of nitrogens with zero attached hydrogens (tertiary/aromatic N) is 2. The molecule has 1 heterocycles. The number of rotatable bonds is 6. The zero-order chi connectivity index (χ0) is 15.5. The molecule has 0 radical (unpaired) electrons. The Kier molecular flexibility index (Phi) is 5.09. The number of carboxylic acid groups (broad SMARTS) is 1. The molecule has 0 spiro atoms. The molecule has 0 aromatic carbocycles. The zero-order valence-corrected chi connectivity index (χ0v) is 13.0. The summed E-state index contributed by atoms with van der Waals surface area (Å²) in [7, 11) is 0. The van der Waals surface area contributed by atoms with Gasteiger partial charge in [-0.1, -0.05) is 20.8 Å². The van der Waals surface area contributed by atoms with Crippen LogP contribution in [0, 0.1) is 13.8 Å². The normalized spacial score (nSPS) is 11.7. The number of hydrogen-bond acceptors (Lipinski definition) is 3. The molecule has 1 aromatic heterocycles. The topological polar surface area (TPSA) is 72.2 Å². The highest BCUT2D eigenvalue weighted by atomic mass is 16.4. The predicted molar refractivity (Wildman–Crippen MR) is 78.2 cm³/mol. The van der Waals surface area contributed by atoms with Gasteiger partial charge in [-0.3, -0.25) is 9.36 Å². The number of aryl methyl sites for hydroxylation is 1. The van der Waals surface area contributed by atoms with Gasteiger partial charge in [0.05, 0.1) is 6.42 Å². The fraction of sp³-hybridized carbons (Fsp3) is 0.667. The molecule has 0 unspecified atom stereocenters. The minimum atomic E-state index is -0.904. The number of aromatic nitrogens is 2. The van der Waals surface area contributed by atoms with Crippen molar-refractivity contribution in [2.24, 2.45) is 0 Å². The van der Waals surface area contributed by atoms with Gasteiger partial charge in [0, 0.05) is 22.5 Å². The molecule has 1 aromatic rings. The molecule has 0 bridgehead atoms. The van der Waals surface area contributed by atoms with Gasteiger partial charge in [0.2, 0.25) is 0 Å². The summed E-state index contributed by atoms with van der Waals surface area (Å²) in [6.45, 7) is 9.67. The van der Waals surface area contributed by atoms with Gasteiger partial charge in [0.1, 0.15) is 0 Å². The highest BCUT2D eigenvalue weighted by molar-refractivity contribution is 5.70. The third-order valence-electron chi connectivity index (χ3n) is 4.44. The molecule has 0 fully saturated rings. The maximum absolute atomic E-state index is 12.3. The molecule has 0 aliphatic rings. The molecule has 1 N–H and O–H groups in total. The Morgan fingerprint density at radius 1 is 1.20 bits per heavy atom. The molecule has 0 atom stereocenters. The highest BCUT2D eigenvalue weighted by Crippen LogP contribution is 2.29. The van der Waals surface area contributed by atoms with E-state index in [1.165, 1.54) is 0 Å². The van der Waals surface area contributed by atoms with E-state index in [2.05, 4.69) is 25.8 Å². The summed E-state index contributed by atoms with van der Waals surface area (Å²) in [6, 6.07) is 0. The molecule has 0 aliphatic heterocycles. The van der Waals surface area contributed by atoms with Crippen molar-refractivity contribution in [1.82, 2.24) is 9.55 Å². The molecule has 5 nitrogen and oxygen atoms in total. The second kappa shape index (κ2) is 6.20. The van der Waals surface area contributed by atoms with Crippen LogP contribution in [0.1, 0.15) is 57.0 Å². The Morgan fingerprint density at radius 3 is 2.10 bits per heavy atom. The van der Waals surface area contributed by atoms with Gasteiger partial charge < -0.3 is 5.11 Å². The largest absolute Gasteiger partial charge is 0.481 e. The van der Waals surface area contributed by atoms with Crippen molar-refractivity contribution < 1.29 is 9.90 Å². The van der Waals surface area contributed by atoms with E-state index in [0.29, 0.717) is 11.3 Å². The Bertz CT molecular complexity index is 549. The summed E-state index contributed by atoms with van der Waals surface area (Å²) < 4.78 is 1.71. The van der Waals surface area contributed by atoms with Gasteiger partial charge in [0.15, 0.2) is 0 Å². The summed E-state index contributed by atoms with van der Waals surface area (Å²) in [5.74, 6) is -0.904. The maximum atomic E-state index is 12.3. The Balaban J connectivity index is 3.63. The molecular formula is C15H24N2O3. The van der Waals surface area contributed by atoms with E-state index < -0.39 is 5.97 Å². The smallest absolute Gasteiger partial charge is 0.348 e. The first-order valence-electron chi connectivity index (χ1n) is 7.14. The van der Waals surface area contributed by atoms with Crippen LogP contribution >= 0.6 is 0 Å². The standard InChI is InChI=1S/C15H24N2O3/c1-6-15(7-2,8-3)17-11(5)12(9-13(18)19)10(4)16-14(17)20/h6-9H2,1-5H3,(H,18,19). The monoisotopic (exact) mass is 280 g/mol. The second-order valence-corrected chi connectivity index (χ2v) is 5.23. The lowest BCUT2D eigenvalue weighted by Gasteiger charge is -2.35. The molecule has 5 heteroatoms. The van der Waals surface area contributed by atoms with Crippen LogP contribution in [0.5, 0.6) is 0 Å². The average molecular weight is 280 g/mol. The van der Waals surface area contributed by atoms with Gasteiger partial charge >= 0.3 is 11.7 Å². The van der Waals surface area contributed by atoms with Crippen LogP contribution in [0.15, 0.2) is 4.79 Å². The summed E-state index contributed by atoms with van der Waals surface area (Å²) >= 11 is 0. The third kappa shape index (κ3) is 2.76. The van der Waals surface area contributed by atoms with Gasteiger partial charge in [-0.05, 0) is 33.1 Å². The van der Waals surface area contributed by atoms with Crippen molar-refractivity contribution in [3.8, 4) is 0 Å². The van der Waals surface area contributed by atoms with Gasteiger partial charge in [0.25, 0.3) is 0 Å². The van der Waals surface area contributed by atoms with E-state index in [9.17, 15) is 9.59 Å². The third-order valence-corrected chi connectivity index (χ3v) is 4.44. The van der Waals surface area contributed by atoms with Crippen molar-refractivity contribution in [3.63, 3.8) is 0 Å². The summed E-state index contributed by atoms with van der Waals surface area (Å²) in [6.07, 6.45) is 2.35. The first-order valence-corrected chi connectivity index (χ1v) is 7.14. The lowest BCUT2D eigenvalue weighted by atomic mass is 9.88. The van der Waals surface area contributed by atoms with Crippen LogP contribution in [-0.2, 0) is 16.8 Å². The molecule has 112 valence electrons. The zero-order valence-electron chi connectivity index (χ0n) is 13.0. The van der Waals surface area contributed by atoms with E-state index in [-0.39, 0.29) is 17.6 Å². The van der Waals surface area contributed by atoms with Crippen LogP contribution in [0.25, 0.3) is 0 Å². The fourth-order valence-corrected chi connectivity index (χ4v) is 2.99. The molecule has 1 rings (SSSR count). The lowest BCUT2D eigenvalue weighted by Crippen LogP contribution is -2.43. The van der Waals surface area contributed by atoms with E-state index in [1.807, 2.05) is 6.92 Å². The molecular weight excluding hydrogens is 256 g/mol. The van der Waals surface area contributed by atoms with Crippen LogP contribution in [0.4, 0.5) is 0 Å². The van der Waals surface area contributed by atoms with Gasteiger partial charge in [-0.15, -0.1) is 0 Å². The lowest BCUT2D eigenvalue weighted by molar-refractivity contribution is -0.136. The first kappa shape index (κ1) is 16.4. The molecule has 0 aliphatic carbocycles. The van der Waals surface area contributed by atoms with E-state index in [1.54, 1.807) is 11.5 Å². The summed E-state index contributed by atoms with van der Waals surface area (Å²) in [5, 5.41) is 9.04. The quantitative estimate of drug-likeness (QED) is 0.868. The SMILES string of the molecule is CCC(CC)(CC)n1c(C)c(CC(=O)O)c(C)nc1=O. The molecule has 0 saturated heterocycles. The Hall–Kier alpha value is -1.65. The van der Waals surface area contributed by atoms with Crippen LogP contribution in [0.3, 0.4) is 0 Å². The Morgan fingerprint density at radius 2 is 1.70 bits per heavy atom. The second-order valence-electron chi connectivity index (χ2n) is 5.23. The fourth-order valence-electron chi connectivity index (χ4n) is 2.99. The predicted octanol–water partition coefficient (Wildman–Crippen LogP) is 2.41. The van der Waals surface area contributed by atoms with E-state index in [4.69, 9.17) is 5.11 Å². The van der Waals surface area contributed by atoms with E-state index in [0.717, 1.165) is 25.0 Å². The average Bonchev–Trinajstić information content (AvgIpc) is 2.39. The van der Waals surface area contributed by atoms with E-state index >= 15 is 0 Å². The number of carboxylic acids is 1. The molecule has 0 saturated carbocycles. The number of aliphatic carboxylic acids is 1.